The Morgan fingerprint density at radius 1 is 0.733 bits per heavy atom. The van der Waals surface area contributed by atoms with Crippen LogP contribution in [0.25, 0.3) is 0 Å². The zero-order chi connectivity index (χ0) is 10.5. The average molecular weight is 306 g/mol. The van der Waals surface area contributed by atoms with E-state index in [9.17, 15) is 0 Å². The molecule has 1 atom stereocenters. The van der Waals surface area contributed by atoms with Crippen molar-refractivity contribution in [3.8, 4) is 0 Å². The molecule has 0 N–H and O–H groups in total. The Morgan fingerprint density at radius 2 is 1.13 bits per heavy atom. The third-order valence-electron chi connectivity index (χ3n) is 2.36. The Bertz CT molecular complexity index is 360. The van der Waals surface area contributed by atoms with Crippen molar-refractivity contribution < 1.29 is 18.7 Å². The van der Waals surface area contributed by atoms with E-state index in [1.165, 1.54) is 11.1 Å². The Hall–Kier alpha value is -0.468. The van der Waals surface area contributed by atoms with Gasteiger partial charge in [0.05, 0.1) is 0 Å². The second-order valence-electron chi connectivity index (χ2n) is 3.35. The second-order valence-corrected chi connectivity index (χ2v) is 5.45. The van der Waals surface area contributed by atoms with Crippen LogP contribution in [0, 0.1) is 0 Å². The van der Waals surface area contributed by atoms with E-state index in [1.807, 2.05) is 0 Å². The van der Waals surface area contributed by atoms with Crippen LogP contribution in [0.1, 0.15) is 16.8 Å². The van der Waals surface area contributed by atoms with Gasteiger partial charge in [0.1, 0.15) is 0 Å². The molecule has 0 heterocycles. The van der Waals surface area contributed by atoms with Gasteiger partial charge in [0.2, 0.25) is 0 Å². The van der Waals surface area contributed by atoms with E-state index in [4.69, 9.17) is 0 Å². The van der Waals surface area contributed by atoms with Gasteiger partial charge in [0.25, 0.3) is 0 Å². The molecule has 0 nitrogen and oxygen atoms in total. The van der Waals surface area contributed by atoms with Crippen LogP contribution in [0.4, 0.5) is 0 Å². The van der Waals surface area contributed by atoms with Crippen molar-refractivity contribution >= 4 is 6.77 Å². The first-order valence-electron chi connectivity index (χ1n) is 4.85. The summed E-state index contributed by atoms with van der Waals surface area (Å²) in [5.41, 5.74) is 3.26. The Kier molecular flexibility index (Phi) is 4.10. The zero-order valence-corrected chi connectivity index (χ0v) is 10.7. The molecular formula is C13H12PPd. The molecule has 0 amide bonds. The predicted molar refractivity (Wildman–Crippen MR) is 63.0 cm³/mol. The molecule has 79 valence electrons. The quantitative estimate of drug-likeness (QED) is 0.596. The molecule has 2 heteroatoms. The maximum atomic E-state index is 3.35. The van der Waals surface area contributed by atoms with Crippen LogP contribution in [0.5, 0.6) is 0 Å². The summed E-state index contributed by atoms with van der Waals surface area (Å²) in [5, 5.41) is 0. The topological polar surface area (TPSA) is 0 Å². The molecule has 0 spiro atoms. The minimum absolute atomic E-state index is 0.496. The molecular weight excluding hydrogens is 294 g/mol. The summed E-state index contributed by atoms with van der Waals surface area (Å²) < 4.78 is 0. The van der Waals surface area contributed by atoms with E-state index < -0.39 is 0 Å². The van der Waals surface area contributed by atoms with Crippen LogP contribution in [0.3, 0.4) is 0 Å². The van der Waals surface area contributed by atoms with Gasteiger partial charge in [0, 0.05) is 0 Å². The fraction of sp³-hybridized carbons (Fsp3) is 0.0769. The molecule has 0 saturated carbocycles. The molecule has 0 aliphatic heterocycles. The van der Waals surface area contributed by atoms with Crippen molar-refractivity contribution in [2.75, 3.05) is 0 Å². The van der Waals surface area contributed by atoms with Crippen molar-refractivity contribution in [3.63, 3.8) is 0 Å². The fourth-order valence-electron chi connectivity index (χ4n) is 1.59. The summed E-state index contributed by atoms with van der Waals surface area (Å²) in [7, 11) is 0. The van der Waals surface area contributed by atoms with Crippen molar-refractivity contribution in [1.82, 2.24) is 0 Å². The van der Waals surface area contributed by atoms with Crippen LogP contribution in [0.15, 0.2) is 60.7 Å². The molecule has 0 radical (unpaired) electrons. The van der Waals surface area contributed by atoms with E-state index in [1.54, 1.807) is 0 Å². The first-order chi connectivity index (χ1) is 7.42. The number of benzene rings is 2. The summed E-state index contributed by atoms with van der Waals surface area (Å²) in [5.74, 6) is 0. The van der Waals surface area contributed by atoms with E-state index >= 15 is 0 Å². The zero-order valence-electron chi connectivity index (χ0n) is 8.17. The standard InChI is InChI=1S/C13H12P.Pd/c14-13(11-7-3-1-4-8-11)12-9-5-2-6-10-12;/h1-10,13-14H;/q-1;+1. The van der Waals surface area contributed by atoms with E-state index in [-0.39, 0.29) is 0 Å². The summed E-state index contributed by atoms with van der Waals surface area (Å²) in [6.45, 7) is 0.754. The molecule has 2 aromatic rings. The van der Waals surface area contributed by atoms with Crippen LogP contribution < -0.4 is 0 Å². The van der Waals surface area contributed by atoms with E-state index in [2.05, 4.69) is 79.4 Å². The van der Waals surface area contributed by atoms with Crippen LogP contribution >= 0.6 is 6.77 Å². The molecule has 15 heavy (non-hydrogen) atoms. The molecule has 0 bridgehead atoms. The summed E-state index contributed by atoms with van der Waals surface area (Å²) in [6.07, 6.45) is 0. The third-order valence-corrected chi connectivity index (χ3v) is 4.55. The molecule has 1 unspecified atom stereocenters. The normalized spacial score (nSPS) is 11.4. The summed E-state index contributed by atoms with van der Waals surface area (Å²) in [4.78, 5) is 0. The molecule has 0 aliphatic carbocycles. The van der Waals surface area contributed by atoms with E-state index in [0.717, 1.165) is 6.77 Å². The first kappa shape index (κ1) is 11.0. The molecule has 0 fully saturated rings. The average Bonchev–Trinajstić information content (AvgIpc) is 2.33. The van der Waals surface area contributed by atoms with Gasteiger partial charge < -0.3 is 0 Å². The predicted octanol–water partition coefficient (Wildman–Crippen LogP) is 3.92. The fourth-order valence-corrected chi connectivity index (χ4v) is 3.74. The molecule has 0 saturated heterocycles. The van der Waals surface area contributed by atoms with Gasteiger partial charge in [-0.2, -0.15) is 0 Å². The minimum atomic E-state index is 0.496. The molecule has 2 rings (SSSR count). The van der Waals surface area contributed by atoms with Crippen molar-refractivity contribution in [3.05, 3.63) is 71.8 Å². The summed E-state index contributed by atoms with van der Waals surface area (Å²) >= 11 is 3.35. The van der Waals surface area contributed by atoms with E-state index in [0.29, 0.717) is 5.66 Å². The summed E-state index contributed by atoms with van der Waals surface area (Å²) in [6, 6.07) is 21.3. The van der Waals surface area contributed by atoms with Gasteiger partial charge in [-0.3, -0.25) is 0 Å². The van der Waals surface area contributed by atoms with Crippen molar-refractivity contribution in [1.29, 1.82) is 0 Å². The van der Waals surface area contributed by atoms with Gasteiger partial charge >= 0.3 is 103 Å². The van der Waals surface area contributed by atoms with Crippen molar-refractivity contribution in [2.45, 2.75) is 5.66 Å². The second kappa shape index (κ2) is 5.57. The number of hydrogen-bond donors (Lipinski definition) is 0. The van der Waals surface area contributed by atoms with Crippen LogP contribution in [-0.4, -0.2) is 0 Å². The Balaban J connectivity index is 2.34. The van der Waals surface area contributed by atoms with Crippen LogP contribution in [-0.2, 0) is 18.7 Å². The monoisotopic (exact) mass is 305 g/mol. The Morgan fingerprint density at radius 3 is 1.47 bits per heavy atom. The SMILES string of the molecule is [Pd][PH]C(c1ccccc1)c1ccccc1. The van der Waals surface area contributed by atoms with Crippen LogP contribution in [0.2, 0.25) is 0 Å². The van der Waals surface area contributed by atoms with Gasteiger partial charge in [-0.25, -0.2) is 0 Å². The van der Waals surface area contributed by atoms with Crippen molar-refractivity contribution in [2.24, 2.45) is 0 Å². The van der Waals surface area contributed by atoms with Gasteiger partial charge in [-0.05, 0) is 0 Å². The van der Waals surface area contributed by atoms with Gasteiger partial charge in [-0.1, -0.05) is 0 Å². The van der Waals surface area contributed by atoms with Gasteiger partial charge in [0.15, 0.2) is 0 Å². The number of hydrogen-bond acceptors (Lipinski definition) is 0. The van der Waals surface area contributed by atoms with Gasteiger partial charge in [-0.15, -0.1) is 0 Å². The molecule has 2 aromatic carbocycles. The third kappa shape index (κ3) is 2.76. The first-order valence-corrected chi connectivity index (χ1v) is 8.07. The Labute approximate surface area is 103 Å². The molecule has 0 aromatic heterocycles. The number of rotatable bonds is 3. The maximum absolute atomic E-state index is 3.35. The molecule has 0 aliphatic rings.